The van der Waals surface area contributed by atoms with Gasteiger partial charge in [0.05, 0.1) is 0 Å². The fraction of sp³-hybridized carbons (Fsp3) is 0.333. The zero-order valence-electron chi connectivity index (χ0n) is 15.4. The van der Waals surface area contributed by atoms with E-state index in [0.717, 1.165) is 36.8 Å². The van der Waals surface area contributed by atoms with Gasteiger partial charge in [0.1, 0.15) is 11.5 Å². The second-order valence-corrected chi connectivity index (χ2v) is 7.23. The van der Waals surface area contributed by atoms with Crippen molar-refractivity contribution < 1.29 is 10.2 Å². The van der Waals surface area contributed by atoms with Crippen molar-refractivity contribution in [3.63, 3.8) is 0 Å². The first-order valence-electron chi connectivity index (χ1n) is 9.48. The van der Waals surface area contributed by atoms with Crippen LogP contribution in [0.2, 0.25) is 0 Å². The van der Waals surface area contributed by atoms with E-state index >= 15 is 0 Å². The lowest BCUT2D eigenvalue weighted by Gasteiger charge is -2.41. The third-order valence-corrected chi connectivity index (χ3v) is 5.74. The highest BCUT2D eigenvalue weighted by atomic mass is 16.3. The maximum atomic E-state index is 10.5. The van der Waals surface area contributed by atoms with Gasteiger partial charge in [-0.1, -0.05) is 55.7 Å². The molecule has 0 unspecified atom stereocenters. The Hall–Kier alpha value is -2.48. The van der Waals surface area contributed by atoms with E-state index in [1.807, 2.05) is 24.3 Å². The first-order chi connectivity index (χ1) is 12.6. The molecule has 0 amide bonds. The Morgan fingerprint density at radius 2 is 1.23 bits per heavy atom. The molecular formula is C24H28O2. The number of hydrogen-bond donors (Lipinski definition) is 2. The standard InChI is InChI=1S/C24H28O2/c1-3-10-18-20(12-8-14-22(18)25)24(16-6-5-7-17-24)21-13-9-15-23(26)19(21)11-4-2/h3-4,8-9,12-15,25-26H,1-2,5-7,10-11,16-17H2. The Bertz CT molecular complexity index is 736. The summed E-state index contributed by atoms with van der Waals surface area (Å²) in [5.41, 5.74) is 4.07. The van der Waals surface area contributed by atoms with Gasteiger partial charge in [-0.15, -0.1) is 13.2 Å². The van der Waals surface area contributed by atoms with Crippen molar-refractivity contribution in [1.29, 1.82) is 0 Å². The van der Waals surface area contributed by atoms with Crippen molar-refractivity contribution in [2.75, 3.05) is 0 Å². The maximum absolute atomic E-state index is 10.5. The number of aromatic hydroxyl groups is 2. The summed E-state index contributed by atoms with van der Waals surface area (Å²) in [6.07, 6.45) is 10.5. The van der Waals surface area contributed by atoms with Crippen LogP contribution in [0.3, 0.4) is 0 Å². The molecule has 0 atom stereocenters. The summed E-state index contributed by atoms with van der Waals surface area (Å²) in [7, 11) is 0. The van der Waals surface area contributed by atoms with Crippen molar-refractivity contribution in [2.45, 2.75) is 50.4 Å². The van der Waals surface area contributed by atoms with E-state index in [1.54, 1.807) is 12.1 Å². The third kappa shape index (κ3) is 3.16. The molecule has 0 bridgehead atoms. The summed E-state index contributed by atoms with van der Waals surface area (Å²) in [5, 5.41) is 21.1. The van der Waals surface area contributed by atoms with Crippen LogP contribution in [-0.2, 0) is 18.3 Å². The molecule has 2 N–H and O–H groups in total. The van der Waals surface area contributed by atoms with E-state index in [2.05, 4.69) is 25.3 Å². The van der Waals surface area contributed by atoms with Crippen LogP contribution in [-0.4, -0.2) is 10.2 Å². The minimum Gasteiger partial charge on any atom is -0.508 e. The van der Waals surface area contributed by atoms with Crippen LogP contribution in [0.4, 0.5) is 0 Å². The summed E-state index contributed by atoms with van der Waals surface area (Å²) in [5.74, 6) is 0.663. The number of rotatable bonds is 6. The first kappa shape index (κ1) is 18.3. The van der Waals surface area contributed by atoms with E-state index < -0.39 is 0 Å². The average molecular weight is 348 g/mol. The van der Waals surface area contributed by atoms with Gasteiger partial charge >= 0.3 is 0 Å². The fourth-order valence-corrected chi connectivity index (χ4v) is 4.60. The Morgan fingerprint density at radius 3 is 1.65 bits per heavy atom. The van der Waals surface area contributed by atoms with Crippen molar-refractivity contribution in [1.82, 2.24) is 0 Å². The Balaban J connectivity index is 2.28. The zero-order valence-corrected chi connectivity index (χ0v) is 15.4. The molecule has 26 heavy (non-hydrogen) atoms. The molecule has 1 aliphatic rings. The number of hydrogen-bond acceptors (Lipinski definition) is 2. The highest BCUT2D eigenvalue weighted by Crippen LogP contribution is 2.49. The van der Waals surface area contributed by atoms with Crippen LogP contribution in [0.5, 0.6) is 11.5 Å². The van der Waals surface area contributed by atoms with Crippen molar-refractivity contribution in [2.24, 2.45) is 0 Å². The lowest BCUT2D eigenvalue weighted by atomic mass is 9.62. The molecule has 1 saturated carbocycles. The van der Waals surface area contributed by atoms with Gasteiger partial charge < -0.3 is 10.2 Å². The van der Waals surface area contributed by atoms with Gasteiger partial charge in [0.25, 0.3) is 0 Å². The molecule has 0 saturated heterocycles. The second-order valence-electron chi connectivity index (χ2n) is 7.23. The lowest BCUT2D eigenvalue weighted by molar-refractivity contribution is 0.338. The molecular weight excluding hydrogens is 320 g/mol. The van der Waals surface area contributed by atoms with E-state index in [9.17, 15) is 10.2 Å². The summed E-state index contributed by atoms with van der Waals surface area (Å²) in [6.45, 7) is 7.75. The largest absolute Gasteiger partial charge is 0.508 e. The van der Waals surface area contributed by atoms with Gasteiger partial charge in [0.2, 0.25) is 0 Å². The lowest BCUT2D eigenvalue weighted by Crippen LogP contribution is -2.33. The minimum absolute atomic E-state index is 0.188. The number of phenolic OH excluding ortho intramolecular Hbond substituents is 2. The molecule has 1 fully saturated rings. The van der Waals surface area contributed by atoms with Crippen LogP contribution in [0.25, 0.3) is 0 Å². The third-order valence-electron chi connectivity index (χ3n) is 5.74. The highest BCUT2D eigenvalue weighted by Gasteiger charge is 2.39. The quantitative estimate of drug-likeness (QED) is 0.647. The topological polar surface area (TPSA) is 40.5 Å². The van der Waals surface area contributed by atoms with Crippen molar-refractivity contribution in [3.8, 4) is 11.5 Å². The normalized spacial score (nSPS) is 16.2. The van der Waals surface area contributed by atoms with Crippen LogP contribution in [0, 0.1) is 0 Å². The summed E-state index contributed by atoms with van der Waals surface area (Å²) < 4.78 is 0. The van der Waals surface area contributed by atoms with Gasteiger partial charge in [-0.2, -0.15) is 0 Å². The monoisotopic (exact) mass is 348 g/mol. The van der Waals surface area contributed by atoms with E-state index in [0.29, 0.717) is 24.3 Å². The van der Waals surface area contributed by atoms with Crippen LogP contribution in [0.1, 0.15) is 54.4 Å². The molecule has 0 spiro atoms. The van der Waals surface area contributed by atoms with Crippen LogP contribution in [0.15, 0.2) is 61.7 Å². The molecule has 0 aliphatic heterocycles. The predicted octanol–water partition coefficient (Wildman–Crippen LogP) is 5.81. The van der Waals surface area contributed by atoms with Gasteiger partial charge in [0.15, 0.2) is 0 Å². The molecule has 0 aromatic heterocycles. The molecule has 2 nitrogen and oxygen atoms in total. The SMILES string of the molecule is C=CCc1c(O)cccc1C1(c2cccc(O)c2CC=C)CCCCC1. The summed E-state index contributed by atoms with van der Waals surface area (Å²) in [6, 6.07) is 11.7. The highest BCUT2D eigenvalue weighted by molar-refractivity contribution is 5.54. The van der Waals surface area contributed by atoms with E-state index in [-0.39, 0.29) is 5.41 Å². The number of phenols is 2. The average Bonchev–Trinajstić information content (AvgIpc) is 2.66. The summed E-state index contributed by atoms with van der Waals surface area (Å²) >= 11 is 0. The van der Waals surface area contributed by atoms with E-state index in [4.69, 9.17) is 0 Å². The number of allylic oxidation sites excluding steroid dienone is 2. The molecule has 136 valence electrons. The Morgan fingerprint density at radius 1 is 0.769 bits per heavy atom. The Kier molecular flexibility index (Phi) is 5.51. The predicted molar refractivity (Wildman–Crippen MR) is 108 cm³/mol. The van der Waals surface area contributed by atoms with Gasteiger partial charge in [-0.25, -0.2) is 0 Å². The smallest absolute Gasteiger partial charge is 0.119 e. The van der Waals surface area contributed by atoms with Crippen molar-refractivity contribution >= 4 is 0 Å². The van der Waals surface area contributed by atoms with Crippen molar-refractivity contribution in [3.05, 3.63) is 84.0 Å². The molecule has 0 heterocycles. The second kappa shape index (κ2) is 7.82. The van der Waals surface area contributed by atoms with E-state index in [1.165, 1.54) is 17.5 Å². The van der Waals surface area contributed by atoms with Gasteiger partial charge in [-0.3, -0.25) is 0 Å². The molecule has 0 radical (unpaired) electrons. The van der Waals surface area contributed by atoms with Gasteiger partial charge in [0, 0.05) is 16.5 Å². The van der Waals surface area contributed by atoms with Crippen LogP contribution < -0.4 is 0 Å². The molecule has 1 aliphatic carbocycles. The molecule has 2 aromatic rings. The Labute approximate surface area is 156 Å². The van der Waals surface area contributed by atoms with Gasteiger partial charge in [-0.05, 0) is 48.9 Å². The number of benzene rings is 2. The van der Waals surface area contributed by atoms with Crippen LogP contribution >= 0.6 is 0 Å². The summed E-state index contributed by atoms with van der Waals surface area (Å²) in [4.78, 5) is 0. The zero-order chi connectivity index (χ0) is 18.6. The first-order valence-corrected chi connectivity index (χ1v) is 9.48. The maximum Gasteiger partial charge on any atom is 0.119 e. The molecule has 2 heteroatoms. The minimum atomic E-state index is -0.188. The fourth-order valence-electron chi connectivity index (χ4n) is 4.60. The molecule has 2 aromatic carbocycles. The molecule has 3 rings (SSSR count).